The van der Waals surface area contributed by atoms with Crippen molar-refractivity contribution < 1.29 is 9.53 Å². The third-order valence-electron chi connectivity index (χ3n) is 2.43. The number of ether oxygens (including phenoxy) is 1. The van der Waals surface area contributed by atoms with Gasteiger partial charge in [-0.15, -0.1) is 0 Å². The molecule has 1 aliphatic rings. The minimum absolute atomic E-state index is 0.00984. The summed E-state index contributed by atoms with van der Waals surface area (Å²) in [5.41, 5.74) is 0. The van der Waals surface area contributed by atoms with Crippen molar-refractivity contribution >= 4 is 17.7 Å². The molecule has 0 aliphatic heterocycles. The van der Waals surface area contributed by atoms with Gasteiger partial charge in [-0.2, -0.15) is 17.0 Å². The summed E-state index contributed by atoms with van der Waals surface area (Å²) in [6.45, 7) is 2.09. The Morgan fingerprint density at radius 1 is 1.60 bits per heavy atom. The molecule has 1 saturated carbocycles. The second kappa shape index (κ2) is 6.73. The zero-order valence-corrected chi connectivity index (χ0v) is 9.89. The molecule has 0 bridgehead atoms. The quantitative estimate of drug-likeness (QED) is 0.534. The van der Waals surface area contributed by atoms with Gasteiger partial charge in [0.2, 0.25) is 0 Å². The predicted octanol–water partition coefficient (Wildman–Crippen LogP) is 2.37. The van der Waals surface area contributed by atoms with E-state index in [-0.39, 0.29) is 18.0 Å². The Morgan fingerprint density at radius 3 is 3.00 bits per heavy atom. The Balaban J connectivity index is 2.14. The van der Waals surface area contributed by atoms with Gasteiger partial charge in [0.1, 0.15) is 6.10 Å². The molecule has 84 valence electrons. The minimum Gasteiger partial charge on any atom is -0.462 e. The number of carbonyl (C=O) groups is 1. The molecule has 0 amide bonds. The zero-order chi connectivity index (χ0) is 11.1. The highest BCUT2D eigenvalue weighted by Gasteiger charge is 2.27. The number of hydrogen-bond donors (Lipinski definition) is 0. The highest BCUT2D eigenvalue weighted by atomic mass is 32.2. The van der Waals surface area contributed by atoms with E-state index in [0.717, 1.165) is 31.4 Å². The third kappa shape index (κ3) is 4.57. The van der Waals surface area contributed by atoms with Gasteiger partial charge in [0.05, 0.1) is 11.8 Å². The molecule has 0 N–H and O–H groups in total. The minimum atomic E-state index is -0.128. The van der Waals surface area contributed by atoms with Crippen LogP contribution in [-0.4, -0.2) is 23.6 Å². The van der Waals surface area contributed by atoms with Crippen LogP contribution in [0.1, 0.15) is 32.6 Å². The molecule has 2 atom stereocenters. The fourth-order valence-electron chi connectivity index (χ4n) is 1.68. The maximum atomic E-state index is 11.3. The summed E-state index contributed by atoms with van der Waals surface area (Å²) < 4.78 is 5.28. The van der Waals surface area contributed by atoms with Crippen LogP contribution in [0.15, 0.2) is 0 Å². The predicted molar refractivity (Wildman–Crippen MR) is 60.5 cm³/mol. The fourth-order valence-corrected chi connectivity index (χ4v) is 2.35. The maximum Gasteiger partial charge on any atom is 0.316 e. The SMILES string of the molecule is CCCSCC(=O)O[C@@H]1CC[C@@H](C#N)C1. The molecule has 0 unspecified atom stereocenters. The van der Waals surface area contributed by atoms with Crippen LogP contribution >= 0.6 is 11.8 Å². The largest absolute Gasteiger partial charge is 0.462 e. The molecule has 0 aromatic rings. The smallest absolute Gasteiger partial charge is 0.316 e. The number of hydrogen-bond acceptors (Lipinski definition) is 4. The molecule has 1 aliphatic carbocycles. The van der Waals surface area contributed by atoms with E-state index in [9.17, 15) is 4.79 Å². The number of carbonyl (C=O) groups excluding carboxylic acids is 1. The lowest BCUT2D eigenvalue weighted by atomic mass is 10.1. The van der Waals surface area contributed by atoms with Crippen molar-refractivity contribution in [1.29, 1.82) is 5.26 Å². The monoisotopic (exact) mass is 227 g/mol. The van der Waals surface area contributed by atoms with E-state index in [1.54, 1.807) is 11.8 Å². The zero-order valence-electron chi connectivity index (χ0n) is 9.07. The van der Waals surface area contributed by atoms with Crippen LogP contribution in [0.25, 0.3) is 0 Å². The van der Waals surface area contributed by atoms with Gasteiger partial charge in [0.25, 0.3) is 0 Å². The lowest BCUT2D eigenvalue weighted by molar-refractivity contribution is -0.145. The summed E-state index contributed by atoms with van der Waals surface area (Å²) >= 11 is 1.61. The topological polar surface area (TPSA) is 50.1 Å². The molecular weight excluding hydrogens is 210 g/mol. The summed E-state index contributed by atoms with van der Waals surface area (Å²) in [6.07, 6.45) is 3.52. The Kier molecular flexibility index (Phi) is 5.56. The van der Waals surface area contributed by atoms with Gasteiger partial charge in [-0.1, -0.05) is 6.92 Å². The number of thioether (sulfide) groups is 1. The third-order valence-corrected chi connectivity index (χ3v) is 3.57. The normalized spacial score (nSPS) is 24.8. The highest BCUT2D eigenvalue weighted by Crippen LogP contribution is 2.27. The Morgan fingerprint density at radius 2 is 2.40 bits per heavy atom. The summed E-state index contributed by atoms with van der Waals surface area (Å²) in [4.78, 5) is 11.3. The maximum absolute atomic E-state index is 11.3. The Labute approximate surface area is 95.2 Å². The highest BCUT2D eigenvalue weighted by molar-refractivity contribution is 7.99. The first-order chi connectivity index (χ1) is 7.26. The molecule has 0 aromatic heterocycles. The van der Waals surface area contributed by atoms with E-state index in [0.29, 0.717) is 5.75 Å². The van der Waals surface area contributed by atoms with Gasteiger partial charge in [0.15, 0.2) is 0 Å². The molecule has 3 nitrogen and oxygen atoms in total. The summed E-state index contributed by atoms with van der Waals surface area (Å²) in [7, 11) is 0. The Bertz CT molecular complexity index is 249. The van der Waals surface area contributed by atoms with E-state index in [2.05, 4.69) is 13.0 Å². The van der Waals surface area contributed by atoms with Crippen LogP contribution in [0.4, 0.5) is 0 Å². The molecule has 4 heteroatoms. The number of rotatable bonds is 5. The molecule has 1 fully saturated rings. The van der Waals surface area contributed by atoms with Crippen molar-refractivity contribution in [3.8, 4) is 6.07 Å². The number of nitriles is 1. The van der Waals surface area contributed by atoms with Gasteiger partial charge >= 0.3 is 5.97 Å². The first-order valence-electron chi connectivity index (χ1n) is 5.43. The molecule has 0 aromatic carbocycles. The molecule has 0 heterocycles. The van der Waals surface area contributed by atoms with Crippen molar-refractivity contribution in [2.75, 3.05) is 11.5 Å². The fraction of sp³-hybridized carbons (Fsp3) is 0.818. The molecule has 0 saturated heterocycles. The van der Waals surface area contributed by atoms with Crippen LogP contribution in [0.3, 0.4) is 0 Å². The second-order valence-corrected chi connectivity index (χ2v) is 4.91. The van der Waals surface area contributed by atoms with Crippen molar-refractivity contribution in [1.82, 2.24) is 0 Å². The Hall–Kier alpha value is -0.690. The van der Waals surface area contributed by atoms with E-state index < -0.39 is 0 Å². The van der Waals surface area contributed by atoms with Crippen LogP contribution in [0, 0.1) is 17.2 Å². The van der Waals surface area contributed by atoms with Crippen LogP contribution in [-0.2, 0) is 9.53 Å². The van der Waals surface area contributed by atoms with E-state index >= 15 is 0 Å². The second-order valence-electron chi connectivity index (χ2n) is 3.80. The first kappa shape index (κ1) is 12.4. The van der Waals surface area contributed by atoms with Crippen LogP contribution < -0.4 is 0 Å². The number of esters is 1. The van der Waals surface area contributed by atoms with E-state index in [1.165, 1.54) is 0 Å². The van der Waals surface area contributed by atoms with Crippen molar-refractivity contribution in [3.63, 3.8) is 0 Å². The standard InChI is InChI=1S/C11H17NO2S/c1-2-5-15-8-11(13)14-10-4-3-9(6-10)7-12/h9-10H,2-6,8H2,1H3/t9-,10-/m1/s1. The van der Waals surface area contributed by atoms with E-state index in [1.807, 2.05) is 0 Å². The first-order valence-corrected chi connectivity index (χ1v) is 6.58. The van der Waals surface area contributed by atoms with E-state index in [4.69, 9.17) is 10.00 Å². The number of nitrogens with zero attached hydrogens (tertiary/aromatic N) is 1. The molecule has 0 spiro atoms. The van der Waals surface area contributed by atoms with Gasteiger partial charge in [0, 0.05) is 12.3 Å². The van der Waals surface area contributed by atoms with Crippen LogP contribution in [0.5, 0.6) is 0 Å². The van der Waals surface area contributed by atoms with Gasteiger partial charge in [-0.3, -0.25) is 4.79 Å². The average Bonchev–Trinajstić information content (AvgIpc) is 2.66. The average molecular weight is 227 g/mol. The molecular formula is C11H17NO2S. The molecule has 1 rings (SSSR count). The van der Waals surface area contributed by atoms with Crippen molar-refractivity contribution in [2.24, 2.45) is 5.92 Å². The van der Waals surface area contributed by atoms with Crippen molar-refractivity contribution in [2.45, 2.75) is 38.7 Å². The van der Waals surface area contributed by atoms with Gasteiger partial charge in [-0.05, 0) is 25.0 Å². The lowest BCUT2D eigenvalue weighted by Crippen LogP contribution is -2.17. The lowest BCUT2D eigenvalue weighted by Gasteiger charge is -2.10. The summed E-state index contributed by atoms with van der Waals surface area (Å²) in [5, 5.41) is 8.70. The molecule has 15 heavy (non-hydrogen) atoms. The summed E-state index contributed by atoms with van der Waals surface area (Å²) in [6, 6.07) is 2.22. The van der Waals surface area contributed by atoms with Gasteiger partial charge < -0.3 is 4.74 Å². The van der Waals surface area contributed by atoms with Crippen LogP contribution in [0.2, 0.25) is 0 Å². The van der Waals surface area contributed by atoms with Gasteiger partial charge in [-0.25, -0.2) is 0 Å². The van der Waals surface area contributed by atoms with Crippen molar-refractivity contribution in [3.05, 3.63) is 0 Å². The summed E-state index contributed by atoms with van der Waals surface area (Å²) in [5.74, 6) is 1.41. The molecule has 0 radical (unpaired) electrons.